The molecule has 2 rings (SSSR count). The predicted octanol–water partition coefficient (Wildman–Crippen LogP) is 4.00. The molecular weight excluding hydrogens is 244 g/mol. The third kappa shape index (κ3) is 2.28. The normalized spacial score (nSPS) is 18.6. The molecule has 1 aromatic rings. The number of aliphatic carboxylic acids is 1. The minimum Gasteiger partial charge on any atom is -0.481 e. The Bertz CT molecular complexity index is 448. The molecule has 1 saturated carbocycles. The number of thioether (sulfide) groups is 1. The van der Waals surface area contributed by atoms with Gasteiger partial charge in [-0.25, -0.2) is 0 Å². The van der Waals surface area contributed by atoms with Crippen LogP contribution in [0.5, 0.6) is 0 Å². The Hall–Kier alpha value is -0.960. The Morgan fingerprint density at radius 2 is 1.94 bits per heavy atom. The number of rotatable bonds is 3. The first-order valence-electron chi connectivity index (χ1n) is 6.49. The van der Waals surface area contributed by atoms with Crippen molar-refractivity contribution in [2.75, 3.05) is 6.26 Å². The van der Waals surface area contributed by atoms with Gasteiger partial charge < -0.3 is 5.11 Å². The van der Waals surface area contributed by atoms with E-state index in [2.05, 4.69) is 13.0 Å². The average Bonchev–Trinajstić information content (AvgIpc) is 2.39. The fraction of sp³-hybridized carbons (Fsp3) is 0.533. The number of carboxylic acid groups (broad SMARTS) is 1. The molecule has 2 nitrogen and oxygen atoms in total. The molecule has 1 aliphatic carbocycles. The molecule has 0 aromatic heterocycles. The van der Waals surface area contributed by atoms with Crippen molar-refractivity contribution in [2.45, 2.75) is 49.3 Å². The maximum Gasteiger partial charge on any atom is 0.314 e. The van der Waals surface area contributed by atoms with Crippen LogP contribution in [-0.4, -0.2) is 17.3 Å². The van der Waals surface area contributed by atoms with E-state index in [1.54, 1.807) is 11.8 Å². The van der Waals surface area contributed by atoms with Crippen LogP contribution in [0.25, 0.3) is 0 Å². The Morgan fingerprint density at radius 3 is 2.50 bits per heavy atom. The molecule has 0 saturated heterocycles. The van der Waals surface area contributed by atoms with Crippen LogP contribution in [-0.2, 0) is 10.2 Å². The monoisotopic (exact) mass is 264 g/mol. The van der Waals surface area contributed by atoms with E-state index in [4.69, 9.17) is 0 Å². The zero-order valence-electron chi connectivity index (χ0n) is 11.0. The lowest BCUT2D eigenvalue weighted by molar-refractivity contribution is -0.145. The van der Waals surface area contributed by atoms with Crippen LogP contribution >= 0.6 is 11.8 Å². The van der Waals surface area contributed by atoms with Gasteiger partial charge in [-0.3, -0.25) is 4.79 Å². The molecule has 1 N–H and O–H groups in total. The molecule has 0 atom stereocenters. The largest absolute Gasteiger partial charge is 0.481 e. The highest BCUT2D eigenvalue weighted by molar-refractivity contribution is 7.98. The standard InChI is InChI=1S/C15H20O2S/c1-11-6-7-12(13(10-11)18-2)15(14(16)17)8-4-3-5-9-15/h6-7,10H,3-5,8-9H2,1-2H3,(H,16,17). The van der Waals surface area contributed by atoms with Gasteiger partial charge in [-0.1, -0.05) is 31.4 Å². The number of benzene rings is 1. The number of carbonyl (C=O) groups is 1. The molecule has 98 valence electrons. The van der Waals surface area contributed by atoms with Gasteiger partial charge in [-0.2, -0.15) is 0 Å². The topological polar surface area (TPSA) is 37.3 Å². The maximum absolute atomic E-state index is 11.8. The fourth-order valence-corrected chi connectivity index (χ4v) is 3.73. The van der Waals surface area contributed by atoms with Crippen molar-refractivity contribution in [2.24, 2.45) is 0 Å². The van der Waals surface area contributed by atoms with E-state index in [-0.39, 0.29) is 0 Å². The van der Waals surface area contributed by atoms with Crippen LogP contribution in [0.1, 0.15) is 43.2 Å². The quantitative estimate of drug-likeness (QED) is 0.838. The van der Waals surface area contributed by atoms with Crippen molar-refractivity contribution in [3.05, 3.63) is 29.3 Å². The lowest BCUT2D eigenvalue weighted by Gasteiger charge is -2.35. The Labute approximate surface area is 113 Å². The van der Waals surface area contributed by atoms with Crippen molar-refractivity contribution >= 4 is 17.7 Å². The van der Waals surface area contributed by atoms with Crippen LogP contribution in [0.15, 0.2) is 23.1 Å². The molecule has 0 amide bonds. The number of hydrogen-bond donors (Lipinski definition) is 1. The summed E-state index contributed by atoms with van der Waals surface area (Å²) in [5, 5.41) is 9.72. The molecule has 0 spiro atoms. The van der Waals surface area contributed by atoms with Crippen LogP contribution in [0.3, 0.4) is 0 Å². The summed E-state index contributed by atoms with van der Waals surface area (Å²) in [4.78, 5) is 12.9. The molecule has 1 fully saturated rings. The van der Waals surface area contributed by atoms with E-state index < -0.39 is 11.4 Å². The Balaban J connectivity index is 2.51. The fourth-order valence-electron chi connectivity index (χ4n) is 2.95. The van der Waals surface area contributed by atoms with E-state index in [1.165, 1.54) is 5.56 Å². The van der Waals surface area contributed by atoms with Gasteiger partial charge in [0.2, 0.25) is 0 Å². The Kier molecular flexibility index (Phi) is 4.00. The van der Waals surface area contributed by atoms with Crippen molar-refractivity contribution in [3.63, 3.8) is 0 Å². The smallest absolute Gasteiger partial charge is 0.314 e. The van der Waals surface area contributed by atoms with Gasteiger partial charge in [0.25, 0.3) is 0 Å². The first-order valence-corrected chi connectivity index (χ1v) is 7.71. The summed E-state index contributed by atoms with van der Waals surface area (Å²) in [6.07, 6.45) is 6.78. The highest BCUT2D eigenvalue weighted by Crippen LogP contribution is 2.43. The summed E-state index contributed by atoms with van der Waals surface area (Å²) in [6, 6.07) is 6.17. The van der Waals surface area contributed by atoms with Gasteiger partial charge in [-0.05, 0) is 43.2 Å². The third-order valence-electron chi connectivity index (χ3n) is 3.99. The van der Waals surface area contributed by atoms with E-state index in [9.17, 15) is 9.90 Å². The average molecular weight is 264 g/mol. The summed E-state index contributed by atoms with van der Waals surface area (Å²) in [6.45, 7) is 2.05. The number of carboxylic acids is 1. The maximum atomic E-state index is 11.8. The summed E-state index contributed by atoms with van der Waals surface area (Å²) < 4.78 is 0. The second-order valence-electron chi connectivity index (χ2n) is 5.15. The van der Waals surface area contributed by atoms with Crippen LogP contribution in [0.2, 0.25) is 0 Å². The molecule has 1 aliphatic rings. The van der Waals surface area contributed by atoms with Crippen LogP contribution in [0.4, 0.5) is 0 Å². The highest BCUT2D eigenvalue weighted by Gasteiger charge is 2.42. The minimum absolute atomic E-state index is 0.649. The lowest BCUT2D eigenvalue weighted by atomic mass is 9.69. The molecule has 0 heterocycles. The molecule has 0 aliphatic heterocycles. The van der Waals surface area contributed by atoms with Gasteiger partial charge in [0.05, 0.1) is 5.41 Å². The van der Waals surface area contributed by atoms with Gasteiger partial charge in [-0.15, -0.1) is 11.8 Å². The SMILES string of the molecule is CSc1cc(C)ccc1C1(C(=O)O)CCCCC1. The van der Waals surface area contributed by atoms with Crippen LogP contribution < -0.4 is 0 Å². The van der Waals surface area contributed by atoms with E-state index >= 15 is 0 Å². The zero-order valence-corrected chi connectivity index (χ0v) is 11.8. The van der Waals surface area contributed by atoms with Crippen molar-refractivity contribution in [1.29, 1.82) is 0 Å². The predicted molar refractivity (Wildman–Crippen MR) is 75.4 cm³/mol. The second-order valence-corrected chi connectivity index (χ2v) is 6.00. The first-order chi connectivity index (χ1) is 8.60. The van der Waals surface area contributed by atoms with E-state index in [0.29, 0.717) is 0 Å². The third-order valence-corrected chi connectivity index (χ3v) is 4.77. The van der Waals surface area contributed by atoms with Gasteiger partial charge in [0, 0.05) is 4.90 Å². The molecule has 18 heavy (non-hydrogen) atoms. The van der Waals surface area contributed by atoms with E-state index in [0.717, 1.165) is 42.6 Å². The lowest BCUT2D eigenvalue weighted by Crippen LogP contribution is -2.38. The number of aryl methyl sites for hydroxylation is 1. The minimum atomic E-state index is -0.652. The molecule has 3 heteroatoms. The molecule has 0 radical (unpaired) electrons. The van der Waals surface area contributed by atoms with Gasteiger partial charge in [0.15, 0.2) is 0 Å². The zero-order chi connectivity index (χ0) is 13.2. The van der Waals surface area contributed by atoms with Crippen molar-refractivity contribution in [3.8, 4) is 0 Å². The summed E-state index contributed by atoms with van der Waals surface area (Å²) in [5.74, 6) is -0.652. The van der Waals surface area contributed by atoms with E-state index in [1.807, 2.05) is 18.4 Å². The second kappa shape index (κ2) is 5.35. The summed E-state index contributed by atoms with van der Waals surface area (Å²) in [5.41, 5.74) is 1.57. The van der Waals surface area contributed by atoms with Gasteiger partial charge >= 0.3 is 5.97 Å². The number of hydrogen-bond acceptors (Lipinski definition) is 2. The highest BCUT2D eigenvalue weighted by atomic mass is 32.2. The van der Waals surface area contributed by atoms with Crippen molar-refractivity contribution < 1.29 is 9.90 Å². The summed E-state index contributed by atoms with van der Waals surface area (Å²) >= 11 is 1.66. The first kappa shape index (κ1) is 13.5. The molecule has 0 unspecified atom stereocenters. The van der Waals surface area contributed by atoms with Crippen LogP contribution in [0, 0.1) is 6.92 Å². The molecule has 1 aromatic carbocycles. The summed E-state index contributed by atoms with van der Waals surface area (Å²) in [7, 11) is 0. The van der Waals surface area contributed by atoms with Gasteiger partial charge in [0.1, 0.15) is 0 Å². The Morgan fingerprint density at radius 1 is 1.28 bits per heavy atom. The molecular formula is C15H20O2S. The van der Waals surface area contributed by atoms with Crippen molar-refractivity contribution in [1.82, 2.24) is 0 Å². The molecule has 0 bridgehead atoms.